The minimum Gasteiger partial charge on any atom is -0.387 e. The molecular formula is C16H24N4O2. The Kier molecular flexibility index (Phi) is 4.31. The van der Waals surface area contributed by atoms with Crippen molar-refractivity contribution in [2.75, 3.05) is 37.6 Å². The smallest absolute Gasteiger partial charge is 0.252 e. The van der Waals surface area contributed by atoms with Gasteiger partial charge >= 0.3 is 0 Å². The monoisotopic (exact) mass is 304 g/mol. The highest BCUT2D eigenvalue weighted by Crippen LogP contribution is 2.29. The fraction of sp³-hybridized carbons (Fsp3) is 0.625. The molecule has 0 aliphatic carbocycles. The largest absolute Gasteiger partial charge is 0.387 e. The first kappa shape index (κ1) is 15.2. The minimum absolute atomic E-state index is 0.421. The van der Waals surface area contributed by atoms with Crippen molar-refractivity contribution in [2.45, 2.75) is 31.3 Å². The van der Waals surface area contributed by atoms with Gasteiger partial charge in [0.15, 0.2) is 0 Å². The van der Waals surface area contributed by atoms with Crippen molar-refractivity contribution in [3.05, 3.63) is 23.9 Å². The van der Waals surface area contributed by atoms with Crippen molar-refractivity contribution in [3.63, 3.8) is 0 Å². The Bertz CT molecular complexity index is 545. The van der Waals surface area contributed by atoms with Crippen LogP contribution in [0, 0.1) is 0 Å². The van der Waals surface area contributed by atoms with Gasteiger partial charge in [0.1, 0.15) is 5.82 Å². The molecule has 1 aromatic heterocycles. The van der Waals surface area contributed by atoms with Crippen LogP contribution in [0.2, 0.25) is 0 Å². The second-order valence-electron chi connectivity index (χ2n) is 6.47. The lowest BCUT2D eigenvalue weighted by Gasteiger charge is -2.33. The second-order valence-corrected chi connectivity index (χ2v) is 6.47. The number of aromatic nitrogens is 1. The van der Waals surface area contributed by atoms with Gasteiger partial charge in [-0.05, 0) is 44.5 Å². The summed E-state index contributed by atoms with van der Waals surface area (Å²) >= 11 is 0. The van der Waals surface area contributed by atoms with Crippen molar-refractivity contribution < 1.29 is 9.90 Å². The third-order valence-corrected chi connectivity index (χ3v) is 4.65. The molecule has 6 heteroatoms. The summed E-state index contributed by atoms with van der Waals surface area (Å²) in [6.07, 6.45) is 6.07. The van der Waals surface area contributed by atoms with E-state index in [1.165, 1.54) is 19.3 Å². The molecule has 0 saturated carbocycles. The molecule has 1 atom stereocenters. The second kappa shape index (κ2) is 6.22. The molecule has 2 aliphatic heterocycles. The van der Waals surface area contributed by atoms with Crippen molar-refractivity contribution >= 4 is 11.7 Å². The van der Waals surface area contributed by atoms with Crippen LogP contribution in [0.5, 0.6) is 0 Å². The van der Waals surface area contributed by atoms with Crippen LogP contribution in [0.1, 0.15) is 36.0 Å². The van der Waals surface area contributed by atoms with E-state index in [0.29, 0.717) is 37.4 Å². The van der Waals surface area contributed by atoms with E-state index < -0.39 is 11.5 Å². The maximum absolute atomic E-state index is 11.5. The van der Waals surface area contributed by atoms with Crippen molar-refractivity contribution in [1.82, 2.24) is 9.88 Å². The first-order valence-electron chi connectivity index (χ1n) is 8.02. The number of carbonyl (C=O) groups is 1. The summed E-state index contributed by atoms with van der Waals surface area (Å²) in [4.78, 5) is 20.2. The third-order valence-electron chi connectivity index (χ3n) is 4.65. The zero-order chi connectivity index (χ0) is 15.6. The van der Waals surface area contributed by atoms with Crippen molar-refractivity contribution in [3.8, 4) is 0 Å². The highest BCUT2D eigenvalue weighted by Gasteiger charge is 2.39. The number of primary amides is 1. The molecule has 0 unspecified atom stereocenters. The number of nitrogens with zero attached hydrogens (tertiary/aromatic N) is 3. The quantitative estimate of drug-likeness (QED) is 0.851. The Morgan fingerprint density at radius 1 is 1.32 bits per heavy atom. The molecule has 0 bridgehead atoms. The Morgan fingerprint density at radius 2 is 2.09 bits per heavy atom. The van der Waals surface area contributed by atoms with Gasteiger partial charge in [0.25, 0.3) is 5.91 Å². The number of likely N-dealkylation sites (tertiary alicyclic amines) is 1. The Labute approximate surface area is 130 Å². The standard InChI is InChI=1S/C16H24N4O2/c17-14(21)13-5-4-7-18-15(13)20-10-6-16(22,12-20)11-19-8-2-1-3-9-19/h4-5,7,22H,1-3,6,8-12H2,(H2,17,21)/t16-/m0/s1. The van der Waals surface area contributed by atoms with E-state index in [-0.39, 0.29) is 0 Å². The summed E-state index contributed by atoms with van der Waals surface area (Å²) < 4.78 is 0. The van der Waals surface area contributed by atoms with Crippen LogP contribution in [0.25, 0.3) is 0 Å². The highest BCUT2D eigenvalue weighted by atomic mass is 16.3. The number of carbonyl (C=O) groups excluding carboxylic acids is 1. The Hall–Kier alpha value is -1.66. The van der Waals surface area contributed by atoms with Crippen molar-refractivity contribution in [1.29, 1.82) is 0 Å². The topological polar surface area (TPSA) is 82.7 Å². The third kappa shape index (κ3) is 3.23. The maximum Gasteiger partial charge on any atom is 0.252 e. The lowest BCUT2D eigenvalue weighted by Crippen LogP contribution is -2.47. The van der Waals surface area contributed by atoms with E-state index in [9.17, 15) is 9.90 Å². The number of hydrogen-bond donors (Lipinski definition) is 2. The molecule has 1 amide bonds. The van der Waals surface area contributed by atoms with Crippen LogP contribution in [-0.4, -0.2) is 59.2 Å². The van der Waals surface area contributed by atoms with Crippen LogP contribution in [0.3, 0.4) is 0 Å². The van der Waals surface area contributed by atoms with E-state index in [1.807, 2.05) is 4.90 Å². The summed E-state index contributed by atoms with van der Waals surface area (Å²) in [6, 6.07) is 3.40. The molecule has 120 valence electrons. The number of β-amino-alcohol motifs (C(OH)–C–C–N with tert-alkyl or cyclic N) is 1. The number of nitrogens with two attached hydrogens (primary N) is 1. The zero-order valence-corrected chi connectivity index (χ0v) is 12.9. The summed E-state index contributed by atoms with van der Waals surface area (Å²) in [5.74, 6) is 0.110. The van der Waals surface area contributed by atoms with Gasteiger partial charge in [-0.3, -0.25) is 4.79 Å². The predicted molar refractivity (Wildman–Crippen MR) is 84.8 cm³/mol. The molecule has 2 fully saturated rings. The molecule has 3 N–H and O–H groups in total. The van der Waals surface area contributed by atoms with Crippen LogP contribution in [0.4, 0.5) is 5.82 Å². The number of rotatable bonds is 4. The summed E-state index contributed by atoms with van der Waals surface area (Å²) in [5, 5.41) is 10.9. The maximum atomic E-state index is 11.5. The van der Waals surface area contributed by atoms with Gasteiger partial charge < -0.3 is 20.6 Å². The van der Waals surface area contributed by atoms with Gasteiger partial charge in [0, 0.05) is 25.8 Å². The van der Waals surface area contributed by atoms with Gasteiger partial charge in [-0.25, -0.2) is 4.98 Å². The Morgan fingerprint density at radius 3 is 2.82 bits per heavy atom. The lowest BCUT2D eigenvalue weighted by atomic mass is 10.0. The normalized spacial score (nSPS) is 26.3. The molecule has 2 saturated heterocycles. The first-order chi connectivity index (χ1) is 10.6. The van der Waals surface area contributed by atoms with E-state index in [4.69, 9.17) is 5.73 Å². The molecule has 0 aromatic carbocycles. The van der Waals surface area contributed by atoms with Gasteiger partial charge in [-0.15, -0.1) is 0 Å². The molecule has 22 heavy (non-hydrogen) atoms. The van der Waals surface area contributed by atoms with Crippen LogP contribution in [0.15, 0.2) is 18.3 Å². The molecule has 3 rings (SSSR count). The van der Waals surface area contributed by atoms with Crippen LogP contribution < -0.4 is 10.6 Å². The van der Waals surface area contributed by atoms with E-state index in [2.05, 4.69) is 9.88 Å². The van der Waals surface area contributed by atoms with Gasteiger partial charge in [0.05, 0.1) is 11.2 Å². The molecule has 0 spiro atoms. The van der Waals surface area contributed by atoms with Gasteiger partial charge in [-0.1, -0.05) is 6.42 Å². The molecule has 0 radical (unpaired) electrons. The SMILES string of the molecule is NC(=O)c1cccnc1N1CC[C@](O)(CN2CCCCC2)C1. The minimum atomic E-state index is -0.732. The predicted octanol–water partition coefficient (Wildman–Crippen LogP) is 0.608. The molecule has 1 aromatic rings. The highest BCUT2D eigenvalue weighted by molar-refractivity contribution is 5.97. The number of pyridine rings is 1. The Balaban J connectivity index is 1.70. The van der Waals surface area contributed by atoms with Crippen molar-refractivity contribution in [2.24, 2.45) is 5.73 Å². The fourth-order valence-electron chi connectivity index (χ4n) is 3.54. The summed E-state index contributed by atoms with van der Waals surface area (Å²) in [6.45, 7) is 4.03. The number of hydrogen-bond acceptors (Lipinski definition) is 5. The fourth-order valence-corrected chi connectivity index (χ4v) is 3.54. The van der Waals surface area contributed by atoms with E-state index in [0.717, 1.165) is 13.1 Å². The van der Waals surface area contributed by atoms with E-state index >= 15 is 0 Å². The summed E-state index contributed by atoms with van der Waals surface area (Å²) in [7, 11) is 0. The molecular weight excluding hydrogens is 280 g/mol. The summed E-state index contributed by atoms with van der Waals surface area (Å²) in [5.41, 5.74) is 5.11. The average molecular weight is 304 g/mol. The number of piperidine rings is 1. The molecule has 2 aliphatic rings. The molecule has 6 nitrogen and oxygen atoms in total. The number of aliphatic hydroxyl groups is 1. The number of anilines is 1. The first-order valence-corrected chi connectivity index (χ1v) is 8.02. The lowest BCUT2D eigenvalue weighted by molar-refractivity contribution is 0.0169. The van der Waals surface area contributed by atoms with Gasteiger partial charge in [-0.2, -0.15) is 0 Å². The number of amides is 1. The average Bonchev–Trinajstić information content (AvgIpc) is 2.90. The zero-order valence-electron chi connectivity index (χ0n) is 12.9. The van der Waals surface area contributed by atoms with E-state index in [1.54, 1.807) is 18.3 Å². The molecule has 3 heterocycles. The van der Waals surface area contributed by atoms with Crippen LogP contribution in [-0.2, 0) is 0 Å². The van der Waals surface area contributed by atoms with Crippen LogP contribution >= 0.6 is 0 Å². The van der Waals surface area contributed by atoms with Gasteiger partial charge in [0.2, 0.25) is 0 Å².